The number of esters is 3. The maximum absolute atomic E-state index is 11.1. The Morgan fingerprint density at radius 1 is 0.895 bits per heavy atom. The van der Waals surface area contributed by atoms with Crippen LogP contribution in [0.1, 0.15) is 27.7 Å². The predicted octanol–water partition coefficient (Wildman–Crippen LogP) is 0.405. The smallest absolute Gasteiger partial charge is 0.305 e. The van der Waals surface area contributed by atoms with Crippen molar-refractivity contribution in [2.75, 3.05) is 6.61 Å². The van der Waals surface area contributed by atoms with Gasteiger partial charge in [0, 0.05) is 26.7 Å². The molecule has 19 heavy (non-hydrogen) atoms. The van der Waals surface area contributed by atoms with E-state index >= 15 is 0 Å². The zero-order valence-corrected chi connectivity index (χ0v) is 11.4. The quantitative estimate of drug-likeness (QED) is 0.544. The van der Waals surface area contributed by atoms with Crippen LogP contribution in [0.25, 0.3) is 0 Å². The van der Waals surface area contributed by atoms with Crippen LogP contribution in [0.15, 0.2) is 0 Å². The Balaban J connectivity index is 2.89. The molecular formula is C12H18O7. The standard InChI is InChI=1S/C12H18O7/c1-6-5-16-12(19-9(4)15)11(18-8(3)14)10(6)17-7(2)13/h6,10-12H,5H2,1-4H3/t6-,10-,11+,12?/m0/s1. The summed E-state index contributed by atoms with van der Waals surface area (Å²) in [5.41, 5.74) is 0. The van der Waals surface area contributed by atoms with Gasteiger partial charge in [-0.05, 0) is 0 Å². The van der Waals surface area contributed by atoms with E-state index in [0.717, 1.165) is 0 Å². The van der Waals surface area contributed by atoms with Crippen molar-refractivity contribution in [3.05, 3.63) is 0 Å². The molecule has 0 aromatic rings. The van der Waals surface area contributed by atoms with Crippen LogP contribution in [-0.4, -0.2) is 43.0 Å². The van der Waals surface area contributed by atoms with Gasteiger partial charge in [0.15, 0.2) is 0 Å². The van der Waals surface area contributed by atoms with Crippen LogP contribution in [0.5, 0.6) is 0 Å². The van der Waals surface area contributed by atoms with Crippen LogP contribution in [0, 0.1) is 5.92 Å². The minimum atomic E-state index is -1.07. The van der Waals surface area contributed by atoms with Crippen molar-refractivity contribution in [1.82, 2.24) is 0 Å². The Bertz CT molecular complexity index is 365. The first kappa shape index (κ1) is 15.4. The minimum absolute atomic E-state index is 0.181. The van der Waals surface area contributed by atoms with E-state index in [1.54, 1.807) is 6.92 Å². The van der Waals surface area contributed by atoms with E-state index in [-0.39, 0.29) is 12.5 Å². The average molecular weight is 274 g/mol. The highest BCUT2D eigenvalue weighted by atomic mass is 16.7. The van der Waals surface area contributed by atoms with Gasteiger partial charge in [0.25, 0.3) is 0 Å². The van der Waals surface area contributed by atoms with E-state index in [4.69, 9.17) is 18.9 Å². The second-order valence-corrected chi connectivity index (χ2v) is 4.44. The number of carbonyl (C=O) groups is 3. The monoisotopic (exact) mass is 274 g/mol. The molecule has 0 spiro atoms. The fourth-order valence-electron chi connectivity index (χ4n) is 1.87. The van der Waals surface area contributed by atoms with Crippen LogP contribution < -0.4 is 0 Å². The molecule has 0 N–H and O–H groups in total. The molecule has 7 nitrogen and oxygen atoms in total. The molecule has 0 aliphatic carbocycles. The summed E-state index contributed by atoms with van der Waals surface area (Å²) < 4.78 is 20.5. The van der Waals surface area contributed by atoms with Gasteiger partial charge in [0.2, 0.25) is 12.4 Å². The van der Waals surface area contributed by atoms with E-state index in [1.807, 2.05) is 0 Å². The largest absolute Gasteiger partial charge is 0.458 e. The number of ether oxygens (including phenoxy) is 4. The Morgan fingerprint density at radius 2 is 1.37 bits per heavy atom. The number of hydrogen-bond donors (Lipinski definition) is 0. The molecule has 108 valence electrons. The molecule has 1 rings (SSSR count). The lowest BCUT2D eigenvalue weighted by Gasteiger charge is -2.39. The first-order valence-corrected chi connectivity index (χ1v) is 5.94. The van der Waals surface area contributed by atoms with Crippen LogP contribution in [0.3, 0.4) is 0 Å². The highest BCUT2D eigenvalue weighted by Crippen LogP contribution is 2.26. The molecule has 0 radical (unpaired) electrons. The summed E-state index contributed by atoms with van der Waals surface area (Å²) in [5, 5.41) is 0. The minimum Gasteiger partial charge on any atom is -0.458 e. The Kier molecular flexibility index (Phi) is 5.29. The zero-order valence-electron chi connectivity index (χ0n) is 11.4. The molecule has 1 aliphatic rings. The molecule has 0 saturated carbocycles. The van der Waals surface area contributed by atoms with Crippen molar-refractivity contribution in [3.8, 4) is 0 Å². The van der Waals surface area contributed by atoms with E-state index in [9.17, 15) is 14.4 Å². The van der Waals surface area contributed by atoms with Crippen LogP contribution in [0.2, 0.25) is 0 Å². The highest BCUT2D eigenvalue weighted by Gasteiger charge is 2.45. The van der Waals surface area contributed by atoms with Gasteiger partial charge in [-0.1, -0.05) is 6.92 Å². The molecule has 7 heteroatoms. The lowest BCUT2D eigenvalue weighted by molar-refractivity contribution is -0.260. The average Bonchev–Trinajstić information content (AvgIpc) is 2.25. The molecule has 4 atom stereocenters. The summed E-state index contributed by atoms with van der Waals surface area (Å²) in [4.78, 5) is 33.2. The summed E-state index contributed by atoms with van der Waals surface area (Å²) in [5.74, 6) is -1.83. The second kappa shape index (κ2) is 6.51. The maximum atomic E-state index is 11.1. The van der Waals surface area contributed by atoms with Gasteiger partial charge in [0.05, 0.1) is 6.61 Å². The summed E-state index contributed by atoms with van der Waals surface area (Å²) in [6.45, 7) is 5.71. The van der Waals surface area contributed by atoms with Gasteiger partial charge in [-0.15, -0.1) is 0 Å². The van der Waals surface area contributed by atoms with Crippen LogP contribution in [-0.2, 0) is 33.3 Å². The van der Waals surface area contributed by atoms with Crippen molar-refractivity contribution in [2.24, 2.45) is 5.92 Å². The molecule has 1 saturated heterocycles. The Hall–Kier alpha value is -1.63. The van der Waals surface area contributed by atoms with Crippen molar-refractivity contribution >= 4 is 17.9 Å². The zero-order chi connectivity index (χ0) is 14.6. The lowest BCUT2D eigenvalue weighted by atomic mass is 9.97. The van der Waals surface area contributed by atoms with Crippen molar-refractivity contribution < 1.29 is 33.3 Å². The fourth-order valence-corrected chi connectivity index (χ4v) is 1.87. The van der Waals surface area contributed by atoms with Crippen LogP contribution >= 0.6 is 0 Å². The van der Waals surface area contributed by atoms with E-state index in [1.165, 1.54) is 20.8 Å². The van der Waals surface area contributed by atoms with Crippen molar-refractivity contribution in [3.63, 3.8) is 0 Å². The SMILES string of the molecule is CC(=O)OC1OC[C@H](C)[C@H](OC(C)=O)[C@H]1OC(C)=O. The summed E-state index contributed by atoms with van der Waals surface area (Å²) in [6.07, 6.45) is -2.74. The molecule has 1 fully saturated rings. The van der Waals surface area contributed by atoms with Crippen LogP contribution in [0.4, 0.5) is 0 Å². The highest BCUT2D eigenvalue weighted by molar-refractivity contribution is 5.68. The predicted molar refractivity (Wildman–Crippen MR) is 61.8 cm³/mol. The molecule has 1 heterocycles. The van der Waals surface area contributed by atoms with Gasteiger partial charge >= 0.3 is 17.9 Å². The van der Waals surface area contributed by atoms with Gasteiger partial charge in [-0.25, -0.2) is 0 Å². The van der Waals surface area contributed by atoms with Gasteiger partial charge in [-0.3, -0.25) is 14.4 Å². The number of carbonyl (C=O) groups excluding carboxylic acids is 3. The Morgan fingerprint density at radius 3 is 1.84 bits per heavy atom. The fraction of sp³-hybridized carbons (Fsp3) is 0.750. The molecule has 1 unspecified atom stereocenters. The number of rotatable bonds is 3. The second-order valence-electron chi connectivity index (χ2n) is 4.44. The molecule has 0 bridgehead atoms. The first-order valence-electron chi connectivity index (χ1n) is 5.94. The van der Waals surface area contributed by atoms with Crippen molar-refractivity contribution in [1.29, 1.82) is 0 Å². The first-order chi connectivity index (χ1) is 8.81. The summed E-state index contributed by atoms with van der Waals surface area (Å²) >= 11 is 0. The van der Waals surface area contributed by atoms with Gasteiger partial charge in [-0.2, -0.15) is 0 Å². The van der Waals surface area contributed by atoms with E-state index < -0.39 is 36.4 Å². The molecule has 0 amide bonds. The Labute approximate surface area is 111 Å². The lowest BCUT2D eigenvalue weighted by Crippen LogP contribution is -2.54. The topological polar surface area (TPSA) is 88.1 Å². The molecule has 0 aromatic carbocycles. The van der Waals surface area contributed by atoms with Crippen molar-refractivity contribution in [2.45, 2.75) is 46.2 Å². The van der Waals surface area contributed by atoms with Gasteiger partial charge in [0.1, 0.15) is 6.10 Å². The molecule has 1 aliphatic heterocycles. The summed E-state index contributed by atoms with van der Waals surface area (Å²) in [7, 11) is 0. The van der Waals surface area contributed by atoms with E-state index in [2.05, 4.69) is 0 Å². The molecule has 0 aromatic heterocycles. The third kappa shape index (κ3) is 4.51. The third-order valence-electron chi connectivity index (χ3n) is 2.56. The normalized spacial score (nSPS) is 30.3. The third-order valence-corrected chi connectivity index (χ3v) is 2.56. The maximum Gasteiger partial charge on any atom is 0.305 e. The van der Waals surface area contributed by atoms with Gasteiger partial charge < -0.3 is 18.9 Å². The summed E-state index contributed by atoms with van der Waals surface area (Å²) in [6, 6.07) is 0. The molecular weight excluding hydrogens is 256 g/mol. The van der Waals surface area contributed by atoms with E-state index in [0.29, 0.717) is 0 Å². The number of hydrogen-bond acceptors (Lipinski definition) is 7.